The number of H-pyrrole nitrogens is 1. The number of fused-ring (bicyclic) bond motifs is 1. The average Bonchev–Trinajstić information content (AvgIpc) is 2.55. The Hall–Kier alpha value is -1.28. The van der Waals surface area contributed by atoms with Crippen LogP contribution in [0.3, 0.4) is 0 Å². The molecule has 2 rings (SSSR count). The molecule has 2 aromatic rings. The van der Waals surface area contributed by atoms with Crippen molar-refractivity contribution >= 4 is 10.9 Å². The highest BCUT2D eigenvalue weighted by Gasteiger charge is 2.08. The van der Waals surface area contributed by atoms with Crippen LogP contribution in [0.4, 0.5) is 0 Å². The predicted octanol–water partition coefficient (Wildman–Crippen LogP) is 2.89. The summed E-state index contributed by atoms with van der Waals surface area (Å²) in [5, 5.41) is 1.29. The topological polar surface area (TPSA) is 41.8 Å². The summed E-state index contributed by atoms with van der Waals surface area (Å²) < 4.78 is 0. The quantitative estimate of drug-likeness (QED) is 0.789. The minimum absolute atomic E-state index is 0.624. The van der Waals surface area contributed by atoms with Crippen molar-refractivity contribution in [3.05, 3.63) is 35.0 Å². The molecule has 0 spiro atoms. The number of hydrogen-bond donors (Lipinski definition) is 2. The van der Waals surface area contributed by atoms with E-state index in [0.29, 0.717) is 6.54 Å². The minimum atomic E-state index is 0.624. The summed E-state index contributed by atoms with van der Waals surface area (Å²) in [5.74, 6) is 0. The molecule has 0 aliphatic rings. The van der Waals surface area contributed by atoms with Crippen LogP contribution in [-0.4, -0.2) is 4.98 Å². The van der Waals surface area contributed by atoms with E-state index in [1.807, 2.05) is 0 Å². The number of aryl methyl sites for hydroxylation is 2. The number of rotatable bonds is 3. The molecule has 0 saturated heterocycles. The lowest BCUT2D eigenvalue weighted by Crippen LogP contribution is -1.99. The molecule has 15 heavy (non-hydrogen) atoms. The second kappa shape index (κ2) is 4.07. The first-order valence-corrected chi connectivity index (χ1v) is 5.56. The Bertz CT molecular complexity index is 469. The third kappa shape index (κ3) is 1.77. The molecule has 0 unspecified atom stereocenters. The Balaban J connectivity index is 2.63. The van der Waals surface area contributed by atoms with Gasteiger partial charge < -0.3 is 10.7 Å². The molecule has 0 bridgehead atoms. The number of benzene rings is 1. The minimum Gasteiger partial charge on any atom is -0.358 e. The van der Waals surface area contributed by atoms with Gasteiger partial charge in [-0.2, -0.15) is 0 Å². The highest BCUT2D eigenvalue weighted by molar-refractivity contribution is 5.85. The second-order valence-electron chi connectivity index (χ2n) is 4.09. The molecule has 2 heteroatoms. The molecule has 0 atom stereocenters. The fourth-order valence-corrected chi connectivity index (χ4v) is 2.11. The summed E-state index contributed by atoms with van der Waals surface area (Å²) in [7, 11) is 0. The third-order valence-electron chi connectivity index (χ3n) is 2.85. The van der Waals surface area contributed by atoms with Crippen LogP contribution in [0.5, 0.6) is 0 Å². The standard InChI is InChI=1S/C13H18N2/c1-3-4-12-11(8-14)10-7-9(2)5-6-13(10)15-12/h5-7,15H,3-4,8,14H2,1-2H3. The average molecular weight is 202 g/mol. The van der Waals surface area contributed by atoms with E-state index in [-0.39, 0.29) is 0 Å². The molecular formula is C13H18N2. The van der Waals surface area contributed by atoms with Gasteiger partial charge in [0.25, 0.3) is 0 Å². The van der Waals surface area contributed by atoms with Crippen molar-refractivity contribution in [2.75, 3.05) is 0 Å². The van der Waals surface area contributed by atoms with Crippen LogP contribution in [0.1, 0.15) is 30.2 Å². The predicted molar refractivity (Wildman–Crippen MR) is 64.9 cm³/mol. The van der Waals surface area contributed by atoms with Crippen molar-refractivity contribution < 1.29 is 0 Å². The van der Waals surface area contributed by atoms with E-state index in [9.17, 15) is 0 Å². The summed E-state index contributed by atoms with van der Waals surface area (Å²) in [6, 6.07) is 6.49. The van der Waals surface area contributed by atoms with Gasteiger partial charge in [0.15, 0.2) is 0 Å². The maximum absolute atomic E-state index is 5.82. The van der Waals surface area contributed by atoms with Crippen LogP contribution in [-0.2, 0) is 13.0 Å². The molecular weight excluding hydrogens is 184 g/mol. The van der Waals surface area contributed by atoms with Crippen LogP contribution >= 0.6 is 0 Å². The van der Waals surface area contributed by atoms with Gasteiger partial charge in [0.05, 0.1) is 0 Å². The van der Waals surface area contributed by atoms with E-state index < -0.39 is 0 Å². The molecule has 1 heterocycles. The van der Waals surface area contributed by atoms with Crippen LogP contribution < -0.4 is 5.73 Å². The summed E-state index contributed by atoms with van der Waals surface area (Å²) in [4.78, 5) is 3.46. The smallest absolute Gasteiger partial charge is 0.0459 e. The fourth-order valence-electron chi connectivity index (χ4n) is 2.11. The molecule has 0 aliphatic heterocycles. The molecule has 0 fully saturated rings. The van der Waals surface area contributed by atoms with E-state index in [1.54, 1.807) is 0 Å². The Morgan fingerprint density at radius 3 is 2.80 bits per heavy atom. The molecule has 0 radical (unpaired) electrons. The summed E-state index contributed by atoms with van der Waals surface area (Å²) >= 11 is 0. The van der Waals surface area contributed by atoms with E-state index in [2.05, 4.69) is 37.0 Å². The Labute approximate surface area is 90.5 Å². The van der Waals surface area contributed by atoms with E-state index in [4.69, 9.17) is 5.73 Å². The van der Waals surface area contributed by atoms with Gasteiger partial charge in [-0.3, -0.25) is 0 Å². The first kappa shape index (κ1) is 10.2. The normalized spacial score (nSPS) is 11.1. The number of nitrogens with two attached hydrogens (primary N) is 1. The summed E-state index contributed by atoms with van der Waals surface area (Å²) in [5.41, 5.74) is 10.9. The molecule has 0 amide bonds. The van der Waals surface area contributed by atoms with Crippen molar-refractivity contribution in [3.8, 4) is 0 Å². The Morgan fingerprint density at radius 1 is 1.33 bits per heavy atom. The summed E-state index contributed by atoms with van der Waals surface area (Å²) in [6.07, 6.45) is 2.24. The summed E-state index contributed by atoms with van der Waals surface area (Å²) in [6.45, 7) is 4.93. The lowest BCUT2D eigenvalue weighted by atomic mass is 10.1. The molecule has 2 nitrogen and oxygen atoms in total. The van der Waals surface area contributed by atoms with Crippen molar-refractivity contribution in [1.82, 2.24) is 4.98 Å². The van der Waals surface area contributed by atoms with Gasteiger partial charge in [-0.05, 0) is 31.0 Å². The van der Waals surface area contributed by atoms with E-state index >= 15 is 0 Å². The monoisotopic (exact) mass is 202 g/mol. The van der Waals surface area contributed by atoms with Crippen LogP contribution in [0.2, 0.25) is 0 Å². The molecule has 0 saturated carbocycles. The van der Waals surface area contributed by atoms with Gasteiger partial charge >= 0.3 is 0 Å². The second-order valence-corrected chi connectivity index (χ2v) is 4.09. The molecule has 0 aliphatic carbocycles. The van der Waals surface area contributed by atoms with Crippen molar-refractivity contribution in [1.29, 1.82) is 0 Å². The number of aromatic nitrogens is 1. The Morgan fingerprint density at radius 2 is 2.13 bits per heavy atom. The lowest BCUT2D eigenvalue weighted by molar-refractivity contribution is 0.872. The van der Waals surface area contributed by atoms with Crippen molar-refractivity contribution in [2.45, 2.75) is 33.2 Å². The van der Waals surface area contributed by atoms with Crippen LogP contribution in [0.25, 0.3) is 10.9 Å². The zero-order valence-corrected chi connectivity index (χ0v) is 9.43. The highest BCUT2D eigenvalue weighted by Crippen LogP contribution is 2.24. The Kier molecular flexibility index (Phi) is 2.78. The maximum atomic E-state index is 5.82. The highest BCUT2D eigenvalue weighted by atomic mass is 14.7. The first-order valence-electron chi connectivity index (χ1n) is 5.56. The van der Waals surface area contributed by atoms with Gasteiger partial charge in [-0.15, -0.1) is 0 Å². The van der Waals surface area contributed by atoms with Crippen molar-refractivity contribution in [2.24, 2.45) is 5.73 Å². The molecule has 1 aromatic carbocycles. The largest absolute Gasteiger partial charge is 0.358 e. The zero-order chi connectivity index (χ0) is 10.8. The van der Waals surface area contributed by atoms with Crippen LogP contribution in [0.15, 0.2) is 18.2 Å². The van der Waals surface area contributed by atoms with Gasteiger partial charge in [-0.1, -0.05) is 25.0 Å². The van der Waals surface area contributed by atoms with Gasteiger partial charge in [0.1, 0.15) is 0 Å². The molecule has 3 N–H and O–H groups in total. The molecule has 80 valence electrons. The van der Waals surface area contributed by atoms with Gasteiger partial charge in [0, 0.05) is 23.1 Å². The SMILES string of the molecule is CCCc1[nH]c2ccc(C)cc2c1CN. The van der Waals surface area contributed by atoms with E-state index in [1.165, 1.54) is 27.7 Å². The fraction of sp³-hybridized carbons (Fsp3) is 0.385. The van der Waals surface area contributed by atoms with E-state index in [0.717, 1.165) is 12.8 Å². The molecule has 1 aromatic heterocycles. The zero-order valence-electron chi connectivity index (χ0n) is 9.43. The van der Waals surface area contributed by atoms with Gasteiger partial charge in [0.2, 0.25) is 0 Å². The number of nitrogens with one attached hydrogen (secondary N) is 1. The first-order chi connectivity index (χ1) is 7.26. The van der Waals surface area contributed by atoms with Crippen LogP contribution in [0, 0.1) is 6.92 Å². The van der Waals surface area contributed by atoms with Crippen molar-refractivity contribution in [3.63, 3.8) is 0 Å². The maximum Gasteiger partial charge on any atom is 0.0459 e. The van der Waals surface area contributed by atoms with Gasteiger partial charge in [-0.25, -0.2) is 0 Å². The number of hydrogen-bond acceptors (Lipinski definition) is 1. The lowest BCUT2D eigenvalue weighted by Gasteiger charge is -1.99. The third-order valence-corrected chi connectivity index (χ3v) is 2.85. The number of aromatic amines is 1.